The van der Waals surface area contributed by atoms with Gasteiger partial charge in [-0.2, -0.15) is 5.21 Å². The van der Waals surface area contributed by atoms with Gasteiger partial charge in [0, 0.05) is 23.6 Å². The van der Waals surface area contributed by atoms with Crippen LogP contribution >= 0.6 is 0 Å². The number of rotatable bonds is 5. The molecule has 1 atom stereocenters. The van der Waals surface area contributed by atoms with E-state index in [9.17, 15) is 4.79 Å². The Morgan fingerprint density at radius 1 is 1.17 bits per heavy atom. The van der Waals surface area contributed by atoms with Crippen LogP contribution in [0.25, 0.3) is 11.4 Å². The van der Waals surface area contributed by atoms with Crippen molar-refractivity contribution in [3.8, 4) is 11.4 Å². The van der Waals surface area contributed by atoms with Crippen LogP contribution in [0.4, 0.5) is 5.69 Å². The highest BCUT2D eigenvalue weighted by molar-refractivity contribution is 5.96. The molecule has 1 aromatic carbocycles. The number of aromatic amines is 1. The normalized spacial score (nSPS) is 12.1. The molecule has 2 heterocycles. The third kappa shape index (κ3) is 3.45. The van der Waals surface area contributed by atoms with Gasteiger partial charge in [-0.05, 0) is 47.0 Å². The SMILES string of the molecule is CC(C)[C@@H](C(=O)Nc1ccc(-c2nn[nH]n2)cc1)c1cccnc1. The summed E-state index contributed by atoms with van der Waals surface area (Å²) in [6.07, 6.45) is 3.44. The van der Waals surface area contributed by atoms with Crippen LogP contribution in [0.2, 0.25) is 0 Å². The Bertz CT molecular complexity index is 784. The van der Waals surface area contributed by atoms with Crippen LogP contribution in [0.1, 0.15) is 25.3 Å². The summed E-state index contributed by atoms with van der Waals surface area (Å²) >= 11 is 0. The zero-order chi connectivity index (χ0) is 16.9. The van der Waals surface area contributed by atoms with E-state index in [0.29, 0.717) is 5.82 Å². The number of pyridine rings is 1. The summed E-state index contributed by atoms with van der Waals surface area (Å²) in [6, 6.07) is 11.1. The van der Waals surface area contributed by atoms with Gasteiger partial charge in [-0.25, -0.2) is 0 Å². The van der Waals surface area contributed by atoms with E-state index >= 15 is 0 Å². The second-order valence-corrected chi connectivity index (χ2v) is 5.81. The predicted molar refractivity (Wildman–Crippen MR) is 90.1 cm³/mol. The first-order chi connectivity index (χ1) is 11.6. The maximum Gasteiger partial charge on any atom is 0.232 e. The zero-order valence-electron chi connectivity index (χ0n) is 13.5. The van der Waals surface area contributed by atoms with Crippen molar-refractivity contribution in [3.63, 3.8) is 0 Å². The molecule has 0 radical (unpaired) electrons. The van der Waals surface area contributed by atoms with Crippen LogP contribution in [0.3, 0.4) is 0 Å². The van der Waals surface area contributed by atoms with Gasteiger partial charge in [0.05, 0.1) is 5.92 Å². The lowest BCUT2D eigenvalue weighted by atomic mass is 9.88. The van der Waals surface area contributed by atoms with Gasteiger partial charge in [0.25, 0.3) is 0 Å². The predicted octanol–water partition coefficient (Wildman–Crippen LogP) is 2.64. The molecule has 0 saturated carbocycles. The van der Waals surface area contributed by atoms with Gasteiger partial charge in [0.2, 0.25) is 11.7 Å². The highest BCUT2D eigenvalue weighted by atomic mass is 16.1. The summed E-state index contributed by atoms with van der Waals surface area (Å²) in [5.41, 5.74) is 2.46. The number of H-pyrrole nitrogens is 1. The Hall–Kier alpha value is -3.09. The molecule has 0 saturated heterocycles. The number of aromatic nitrogens is 5. The second-order valence-electron chi connectivity index (χ2n) is 5.81. The monoisotopic (exact) mass is 322 g/mol. The lowest BCUT2D eigenvalue weighted by Gasteiger charge is -2.20. The fourth-order valence-corrected chi connectivity index (χ4v) is 2.61. The van der Waals surface area contributed by atoms with E-state index in [1.165, 1.54) is 0 Å². The van der Waals surface area contributed by atoms with Gasteiger partial charge in [-0.3, -0.25) is 9.78 Å². The average Bonchev–Trinajstić information content (AvgIpc) is 3.11. The van der Waals surface area contributed by atoms with Crippen LogP contribution in [-0.2, 0) is 4.79 Å². The Morgan fingerprint density at radius 2 is 1.96 bits per heavy atom. The fourth-order valence-electron chi connectivity index (χ4n) is 2.61. The van der Waals surface area contributed by atoms with Crippen molar-refractivity contribution in [2.24, 2.45) is 5.92 Å². The first-order valence-electron chi connectivity index (χ1n) is 7.70. The first-order valence-corrected chi connectivity index (χ1v) is 7.70. The number of carbonyl (C=O) groups is 1. The Kier molecular flexibility index (Phi) is 4.60. The molecule has 0 aliphatic heterocycles. The number of anilines is 1. The molecule has 3 aromatic rings. The van der Waals surface area contributed by atoms with Gasteiger partial charge in [-0.15, -0.1) is 10.2 Å². The lowest BCUT2D eigenvalue weighted by Crippen LogP contribution is -2.25. The first kappa shape index (κ1) is 15.8. The Labute approximate surface area is 139 Å². The Balaban J connectivity index is 1.75. The van der Waals surface area contributed by atoms with E-state index in [1.54, 1.807) is 12.4 Å². The molecule has 7 nitrogen and oxygen atoms in total. The van der Waals surface area contributed by atoms with E-state index < -0.39 is 0 Å². The van der Waals surface area contributed by atoms with Crippen molar-refractivity contribution in [2.45, 2.75) is 19.8 Å². The second kappa shape index (κ2) is 6.99. The summed E-state index contributed by atoms with van der Waals surface area (Å²) in [6.45, 7) is 4.05. The minimum Gasteiger partial charge on any atom is -0.326 e. The highest BCUT2D eigenvalue weighted by Crippen LogP contribution is 2.26. The van der Waals surface area contributed by atoms with E-state index in [2.05, 4.69) is 30.9 Å². The number of benzene rings is 1. The number of nitrogens with zero attached hydrogens (tertiary/aromatic N) is 4. The molecule has 0 aliphatic rings. The van der Waals surface area contributed by atoms with Gasteiger partial charge >= 0.3 is 0 Å². The summed E-state index contributed by atoms with van der Waals surface area (Å²) in [5, 5.41) is 16.8. The van der Waals surface area contributed by atoms with Crippen molar-refractivity contribution < 1.29 is 4.79 Å². The number of tetrazole rings is 1. The minimum absolute atomic E-state index is 0.0506. The van der Waals surface area contributed by atoms with E-state index in [1.807, 2.05) is 50.2 Å². The molecule has 0 aliphatic carbocycles. The molecule has 24 heavy (non-hydrogen) atoms. The van der Waals surface area contributed by atoms with Crippen molar-refractivity contribution in [1.82, 2.24) is 25.6 Å². The molecule has 7 heteroatoms. The van der Waals surface area contributed by atoms with Crippen LogP contribution in [0.15, 0.2) is 48.8 Å². The van der Waals surface area contributed by atoms with Gasteiger partial charge in [0.15, 0.2) is 0 Å². The third-order valence-electron chi connectivity index (χ3n) is 3.75. The van der Waals surface area contributed by atoms with Crippen molar-refractivity contribution in [2.75, 3.05) is 5.32 Å². The van der Waals surface area contributed by atoms with Gasteiger partial charge in [-0.1, -0.05) is 19.9 Å². The molecule has 1 amide bonds. The molecule has 3 rings (SSSR count). The number of hydrogen-bond acceptors (Lipinski definition) is 5. The molecular weight excluding hydrogens is 304 g/mol. The molecule has 0 bridgehead atoms. The van der Waals surface area contributed by atoms with Crippen LogP contribution in [0.5, 0.6) is 0 Å². The molecule has 122 valence electrons. The van der Waals surface area contributed by atoms with Crippen molar-refractivity contribution in [3.05, 3.63) is 54.4 Å². The van der Waals surface area contributed by atoms with E-state index in [-0.39, 0.29) is 17.7 Å². The maximum absolute atomic E-state index is 12.7. The Morgan fingerprint density at radius 3 is 2.54 bits per heavy atom. The summed E-state index contributed by atoms with van der Waals surface area (Å²) in [5.74, 6) is 0.372. The van der Waals surface area contributed by atoms with Crippen LogP contribution in [-0.4, -0.2) is 31.5 Å². The fraction of sp³-hybridized carbons (Fsp3) is 0.235. The number of nitrogens with one attached hydrogen (secondary N) is 2. The smallest absolute Gasteiger partial charge is 0.232 e. The quantitative estimate of drug-likeness (QED) is 0.752. The molecular formula is C17H18N6O. The molecule has 2 N–H and O–H groups in total. The largest absolute Gasteiger partial charge is 0.326 e. The summed E-state index contributed by atoms with van der Waals surface area (Å²) in [7, 11) is 0. The van der Waals surface area contributed by atoms with E-state index in [4.69, 9.17) is 0 Å². The number of hydrogen-bond donors (Lipinski definition) is 2. The standard InChI is InChI=1S/C17H18N6O/c1-11(2)15(13-4-3-9-18-10-13)17(24)19-14-7-5-12(6-8-14)16-20-22-23-21-16/h3-11,15H,1-2H3,(H,19,24)(H,20,21,22,23)/t15-/m1/s1. The average molecular weight is 322 g/mol. The zero-order valence-corrected chi connectivity index (χ0v) is 13.5. The lowest BCUT2D eigenvalue weighted by molar-refractivity contribution is -0.118. The molecule has 0 fully saturated rings. The third-order valence-corrected chi connectivity index (χ3v) is 3.75. The summed E-state index contributed by atoms with van der Waals surface area (Å²) < 4.78 is 0. The van der Waals surface area contributed by atoms with Crippen molar-refractivity contribution >= 4 is 11.6 Å². The van der Waals surface area contributed by atoms with Gasteiger partial charge in [0.1, 0.15) is 0 Å². The van der Waals surface area contributed by atoms with E-state index in [0.717, 1.165) is 16.8 Å². The minimum atomic E-state index is -0.254. The maximum atomic E-state index is 12.7. The van der Waals surface area contributed by atoms with Gasteiger partial charge < -0.3 is 5.32 Å². The number of amides is 1. The highest BCUT2D eigenvalue weighted by Gasteiger charge is 2.24. The number of carbonyl (C=O) groups excluding carboxylic acids is 1. The molecule has 2 aromatic heterocycles. The summed E-state index contributed by atoms with van der Waals surface area (Å²) in [4.78, 5) is 16.8. The van der Waals surface area contributed by atoms with Crippen LogP contribution in [0, 0.1) is 5.92 Å². The topological polar surface area (TPSA) is 96.5 Å². The van der Waals surface area contributed by atoms with Crippen LogP contribution < -0.4 is 5.32 Å². The molecule has 0 spiro atoms. The van der Waals surface area contributed by atoms with Crippen molar-refractivity contribution in [1.29, 1.82) is 0 Å². The molecule has 0 unspecified atom stereocenters.